The lowest BCUT2D eigenvalue weighted by molar-refractivity contribution is 0.800. The fourth-order valence-corrected chi connectivity index (χ4v) is 2.12. The Kier molecular flexibility index (Phi) is 2.73. The number of aromatic nitrogens is 5. The summed E-state index contributed by atoms with van der Waals surface area (Å²) in [5.41, 5.74) is 0.979. The highest BCUT2D eigenvalue weighted by Crippen LogP contribution is 2.19. The summed E-state index contributed by atoms with van der Waals surface area (Å²) in [6, 6.07) is 3.80. The SMILES string of the molecule is CNc1nc(-c2ccsc2)nc(-n2cccn2)n1. The van der Waals surface area contributed by atoms with Crippen LogP contribution >= 0.6 is 11.3 Å². The number of hydrogen-bond donors (Lipinski definition) is 1. The van der Waals surface area contributed by atoms with Crippen LogP contribution in [0.2, 0.25) is 0 Å². The molecule has 0 aliphatic heterocycles. The van der Waals surface area contributed by atoms with Crippen molar-refractivity contribution in [3.05, 3.63) is 35.3 Å². The van der Waals surface area contributed by atoms with Crippen LogP contribution in [-0.2, 0) is 0 Å². The summed E-state index contributed by atoms with van der Waals surface area (Å²) in [7, 11) is 1.78. The van der Waals surface area contributed by atoms with Crippen molar-refractivity contribution in [1.29, 1.82) is 0 Å². The first-order chi connectivity index (χ1) is 8.86. The van der Waals surface area contributed by atoms with E-state index in [9.17, 15) is 0 Å². The monoisotopic (exact) mass is 258 g/mol. The van der Waals surface area contributed by atoms with Crippen LogP contribution in [0.4, 0.5) is 5.95 Å². The molecular weight excluding hydrogens is 248 g/mol. The zero-order valence-electron chi connectivity index (χ0n) is 9.61. The first kappa shape index (κ1) is 10.8. The molecule has 0 radical (unpaired) electrons. The maximum atomic E-state index is 4.41. The van der Waals surface area contributed by atoms with E-state index in [0.29, 0.717) is 17.7 Å². The summed E-state index contributed by atoms with van der Waals surface area (Å²) in [6.07, 6.45) is 3.49. The van der Waals surface area contributed by atoms with Crippen molar-refractivity contribution in [2.75, 3.05) is 12.4 Å². The first-order valence-corrected chi connectivity index (χ1v) is 6.27. The third-order valence-electron chi connectivity index (χ3n) is 2.34. The molecule has 3 aromatic heterocycles. The van der Waals surface area contributed by atoms with Gasteiger partial charge in [0.2, 0.25) is 5.95 Å². The van der Waals surface area contributed by atoms with Gasteiger partial charge in [-0.2, -0.15) is 31.4 Å². The number of rotatable bonds is 3. The number of nitrogens with zero attached hydrogens (tertiary/aromatic N) is 5. The van der Waals surface area contributed by atoms with Gasteiger partial charge in [0.25, 0.3) is 5.95 Å². The molecule has 1 N–H and O–H groups in total. The van der Waals surface area contributed by atoms with Crippen LogP contribution < -0.4 is 5.32 Å². The Morgan fingerprint density at radius 2 is 2.22 bits per heavy atom. The van der Waals surface area contributed by atoms with E-state index in [1.807, 2.05) is 22.9 Å². The lowest BCUT2D eigenvalue weighted by Crippen LogP contribution is -2.07. The summed E-state index contributed by atoms with van der Waals surface area (Å²) in [5.74, 6) is 1.67. The topological polar surface area (TPSA) is 68.5 Å². The van der Waals surface area contributed by atoms with Crippen molar-refractivity contribution in [3.63, 3.8) is 0 Å². The molecule has 0 aromatic carbocycles. The van der Waals surface area contributed by atoms with Crippen molar-refractivity contribution in [3.8, 4) is 17.3 Å². The summed E-state index contributed by atoms with van der Waals surface area (Å²) >= 11 is 1.61. The van der Waals surface area contributed by atoms with Gasteiger partial charge in [0, 0.05) is 30.4 Å². The lowest BCUT2D eigenvalue weighted by atomic mass is 10.3. The van der Waals surface area contributed by atoms with Gasteiger partial charge in [-0.25, -0.2) is 4.68 Å². The third kappa shape index (κ3) is 1.95. The Morgan fingerprint density at radius 3 is 2.89 bits per heavy atom. The molecule has 0 saturated heterocycles. The lowest BCUT2D eigenvalue weighted by Gasteiger charge is -2.05. The molecular formula is C11H10N6S. The van der Waals surface area contributed by atoms with E-state index in [1.54, 1.807) is 35.5 Å². The van der Waals surface area contributed by atoms with Gasteiger partial charge < -0.3 is 5.32 Å². The van der Waals surface area contributed by atoms with Crippen LogP contribution in [0.3, 0.4) is 0 Å². The number of thiophene rings is 1. The number of nitrogens with one attached hydrogen (secondary N) is 1. The molecule has 90 valence electrons. The molecule has 6 nitrogen and oxygen atoms in total. The van der Waals surface area contributed by atoms with Crippen molar-refractivity contribution in [2.24, 2.45) is 0 Å². The Balaban J connectivity index is 2.13. The highest BCUT2D eigenvalue weighted by molar-refractivity contribution is 7.08. The fraction of sp³-hybridized carbons (Fsp3) is 0.0909. The molecule has 3 heterocycles. The van der Waals surface area contributed by atoms with Crippen LogP contribution in [-0.4, -0.2) is 31.8 Å². The van der Waals surface area contributed by atoms with Gasteiger partial charge in [0.05, 0.1) is 0 Å². The quantitative estimate of drug-likeness (QED) is 0.776. The van der Waals surface area contributed by atoms with E-state index >= 15 is 0 Å². The first-order valence-electron chi connectivity index (χ1n) is 5.33. The molecule has 0 unspecified atom stereocenters. The standard InChI is InChI=1S/C11H10N6S/c1-12-10-14-9(8-3-6-18-7-8)15-11(16-10)17-5-2-4-13-17/h2-7H,1H3,(H,12,14,15,16). The second-order valence-electron chi connectivity index (χ2n) is 3.50. The maximum Gasteiger partial charge on any atom is 0.255 e. The van der Waals surface area contributed by atoms with Crippen LogP contribution in [0.1, 0.15) is 0 Å². The van der Waals surface area contributed by atoms with Gasteiger partial charge in [-0.1, -0.05) is 0 Å². The molecule has 0 aliphatic carbocycles. The van der Waals surface area contributed by atoms with Crippen molar-refractivity contribution < 1.29 is 0 Å². The largest absolute Gasteiger partial charge is 0.357 e. The summed E-state index contributed by atoms with van der Waals surface area (Å²) in [5, 5.41) is 11.0. The zero-order valence-corrected chi connectivity index (χ0v) is 10.4. The highest BCUT2D eigenvalue weighted by atomic mass is 32.1. The van der Waals surface area contributed by atoms with Crippen LogP contribution in [0.15, 0.2) is 35.3 Å². The minimum atomic E-state index is 0.501. The molecule has 0 spiro atoms. The van der Waals surface area contributed by atoms with Crippen LogP contribution in [0.5, 0.6) is 0 Å². The average molecular weight is 258 g/mol. The predicted molar refractivity (Wildman–Crippen MR) is 69.8 cm³/mol. The van der Waals surface area contributed by atoms with E-state index < -0.39 is 0 Å². The summed E-state index contributed by atoms with van der Waals surface area (Å²) < 4.78 is 1.61. The zero-order chi connectivity index (χ0) is 12.4. The minimum absolute atomic E-state index is 0.501. The predicted octanol–water partition coefficient (Wildman–Crippen LogP) is 1.83. The van der Waals surface area contributed by atoms with Crippen molar-refractivity contribution in [2.45, 2.75) is 0 Å². The van der Waals surface area contributed by atoms with E-state index in [-0.39, 0.29) is 0 Å². The molecule has 7 heteroatoms. The summed E-state index contributed by atoms with van der Waals surface area (Å²) in [6.45, 7) is 0. The Morgan fingerprint density at radius 1 is 1.28 bits per heavy atom. The Labute approximate surface area is 107 Å². The van der Waals surface area contributed by atoms with Gasteiger partial charge in [0.1, 0.15) is 0 Å². The van der Waals surface area contributed by atoms with E-state index in [4.69, 9.17) is 0 Å². The van der Waals surface area contributed by atoms with Gasteiger partial charge >= 0.3 is 0 Å². The van der Waals surface area contributed by atoms with Crippen LogP contribution in [0.25, 0.3) is 17.3 Å². The van der Waals surface area contributed by atoms with Gasteiger partial charge in [0.15, 0.2) is 5.82 Å². The normalized spacial score (nSPS) is 10.5. The van der Waals surface area contributed by atoms with Gasteiger partial charge in [-0.05, 0) is 17.5 Å². The van der Waals surface area contributed by atoms with Crippen LogP contribution in [0, 0.1) is 0 Å². The fourth-order valence-electron chi connectivity index (χ4n) is 1.49. The smallest absolute Gasteiger partial charge is 0.255 e. The second kappa shape index (κ2) is 4.53. The van der Waals surface area contributed by atoms with E-state index in [1.165, 1.54) is 0 Å². The van der Waals surface area contributed by atoms with E-state index in [2.05, 4.69) is 25.4 Å². The molecule has 0 amide bonds. The maximum absolute atomic E-state index is 4.41. The van der Waals surface area contributed by atoms with Crippen molar-refractivity contribution in [1.82, 2.24) is 24.7 Å². The molecule has 3 rings (SSSR count). The number of hydrogen-bond acceptors (Lipinski definition) is 6. The molecule has 3 aromatic rings. The molecule has 18 heavy (non-hydrogen) atoms. The Hall–Kier alpha value is -2.28. The minimum Gasteiger partial charge on any atom is -0.357 e. The van der Waals surface area contributed by atoms with Gasteiger partial charge in [-0.3, -0.25) is 0 Å². The second-order valence-corrected chi connectivity index (χ2v) is 4.28. The average Bonchev–Trinajstić information content (AvgIpc) is 3.10. The molecule has 0 saturated carbocycles. The molecule has 0 fully saturated rings. The molecule has 0 aliphatic rings. The van der Waals surface area contributed by atoms with Crippen molar-refractivity contribution >= 4 is 17.3 Å². The molecule has 0 bridgehead atoms. The van der Waals surface area contributed by atoms with E-state index in [0.717, 1.165) is 5.56 Å². The third-order valence-corrected chi connectivity index (χ3v) is 3.02. The molecule has 0 atom stereocenters. The van der Waals surface area contributed by atoms with Gasteiger partial charge in [-0.15, -0.1) is 0 Å². The Bertz CT molecular complexity index is 579. The number of anilines is 1. The highest BCUT2D eigenvalue weighted by Gasteiger charge is 2.09. The summed E-state index contributed by atoms with van der Waals surface area (Å²) in [4.78, 5) is 13.0.